The van der Waals surface area contributed by atoms with E-state index in [9.17, 15) is 14.9 Å². The Labute approximate surface area is 158 Å². The van der Waals surface area contributed by atoms with Gasteiger partial charge in [0.25, 0.3) is 0 Å². The van der Waals surface area contributed by atoms with Crippen LogP contribution in [-0.2, 0) is 7.05 Å². The van der Waals surface area contributed by atoms with Gasteiger partial charge in [-0.15, -0.1) is 0 Å². The fourth-order valence-electron chi connectivity index (χ4n) is 2.48. The number of aromatic nitrogens is 3. The predicted octanol–water partition coefficient (Wildman–Crippen LogP) is 2.65. The third-order valence-corrected chi connectivity index (χ3v) is 3.56. The van der Waals surface area contributed by atoms with E-state index in [2.05, 4.69) is 10.1 Å². The number of hydrogen-bond acceptors (Lipinski definition) is 8. The summed E-state index contributed by atoms with van der Waals surface area (Å²) in [6, 6.07) is 8.85. The highest BCUT2D eigenvalue weighted by atomic mass is 16.6. The van der Waals surface area contributed by atoms with Gasteiger partial charge >= 0.3 is 11.8 Å². The van der Waals surface area contributed by atoms with Gasteiger partial charge in [0, 0.05) is 25.4 Å². The fourth-order valence-corrected chi connectivity index (χ4v) is 2.48. The number of benzene rings is 1. The molecule has 0 fully saturated rings. The smallest absolute Gasteiger partial charge is 0.411 e. The SMILES string of the molecule is COc1c(-c2ccn(C)n2)cc(Oc2cccc(OC(N)=O)n2)cc1[N+](=O)[O-]. The average molecular weight is 385 g/mol. The molecule has 0 saturated carbocycles. The maximum absolute atomic E-state index is 11.5. The second-order valence-corrected chi connectivity index (χ2v) is 5.49. The lowest BCUT2D eigenvalue weighted by molar-refractivity contribution is -0.385. The van der Waals surface area contributed by atoms with E-state index in [1.54, 1.807) is 24.0 Å². The predicted molar refractivity (Wildman–Crippen MR) is 96.4 cm³/mol. The lowest BCUT2D eigenvalue weighted by atomic mass is 10.1. The molecule has 2 N–H and O–H groups in total. The van der Waals surface area contributed by atoms with Crippen LogP contribution < -0.4 is 19.9 Å². The molecule has 2 aromatic heterocycles. The summed E-state index contributed by atoms with van der Waals surface area (Å²) < 4.78 is 17.1. The first-order valence-corrected chi connectivity index (χ1v) is 7.86. The van der Waals surface area contributed by atoms with E-state index in [4.69, 9.17) is 19.9 Å². The van der Waals surface area contributed by atoms with Crippen LogP contribution in [-0.4, -0.2) is 32.9 Å². The zero-order valence-electron chi connectivity index (χ0n) is 14.9. The van der Waals surface area contributed by atoms with Crippen molar-refractivity contribution in [2.45, 2.75) is 0 Å². The normalized spacial score (nSPS) is 10.4. The van der Waals surface area contributed by atoms with E-state index in [1.807, 2.05) is 0 Å². The molecule has 3 rings (SSSR count). The first kappa shape index (κ1) is 18.6. The minimum absolute atomic E-state index is 0.0465. The Bertz CT molecular complexity index is 1050. The zero-order chi connectivity index (χ0) is 20.3. The van der Waals surface area contributed by atoms with Gasteiger partial charge in [-0.25, -0.2) is 4.79 Å². The van der Waals surface area contributed by atoms with Gasteiger partial charge in [0.1, 0.15) is 5.75 Å². The molecule has 2 heterocycles. The molecule has 0 atom stereocenters. The molecule has 1 amide bonds. The molecular formula is C17H15N5O6. The van der Waals surface area contributed by atoms with Crippen LogP contribution in [0.15, 0.2) is 42.6 Å². The Balaban J connectivity index is 2.05. The van der Waals surface area contributed by atoms with Crippen molar-refractivity contribution >= 4 is 11.8 Å². The van der Waals surface area contributed by atoms with Crippen LogP contribution in [0.1, 0.15) is 0 Å². The first-order chi connectivity index (χ1) is 13.4. The van der Waals surface area contributed by atoms with Crippen molar-refractivity contribution in [3.05, 3.63) is 52.7 Å². The lowest BCUT2D eigenvalue weighted by Crippen LogP contribution is -2.16. The number of methoxy groups -OCH3 is 1. The number of hydrogen-bond donors (Lipinski definition) is 1. The number of amides is 1. The molecule has 0 aliphatic carbocycles. The Morgan fingerprint density at radius 3 is 2.61 bits per heavy atom. The number of nitro groups is 1. The summed E-state index contributed by atoms with van der Waals surface area (Å²) >= 11 is 0. The van der Waals surface area contributed by atoms with Gasteiger partial charge in [-0.1, -0.05) is 6.07 Å². The summed E-state index contributed by atoms with van der Waals surface area (Å²) in [5.74, 6) is 0.148. The molecule has 1 aromatic carbocycles. The highest BCUT2D eigenvalue weighted by Gasteiger charge is 2.24. The summed E-state index contributed by atoms with van der Waals surface area (Å²) in [5, 5.41) is 15.8. The van der Waals surface area contributed by atoms with Gasteiger partial charge < -0.3 is 19.9 Å². The van der Waals surface area contributed by atoms with Crippen molar-refractivity contribution in [3.8, 4) is 34.5 Å². The summed E-state index contributed by atoms with van der Waals surface area (Å²) in [4.78, 5) is 25.7. The highest BCUT2D eigenvalue weighted by Crippen LogP contribution is 2.41. The zero-order valence-corrected chi connectivity index (χ0v) is 14.9. The van der Waals surface area contributed by atoms with Crippen LogP contribution >= 0.6 is 0 Å². The monoisotopic (exact) mass is 385 g/mol. The van der Waals surface area contributed by atoms with E-state index in [0.717, 1.165) is 0 Å². The topological polar surface area (TPSA) is 145 Å². The standard InChI is InChI=1S/C17H15N5O6/c1-21-7-6-12(20-21)11-8-10(9-13(22(24)25)16(11)26-2)27-14-4-3-5-15(19-14)28-17(18)23/h3-9H,1-2H3,(H2,18,23). The van der Waals surface area contributed by atoms with Gasteiger partial charge in [-0.05, 0) is 12.1 Å². The molecule has 0 radical (unpaired) electrons. The maximum Gasteiger partial charge on any atom is 0.411 e. The first-order valence-electron chi connectivity index (χ1n) is 7.86. The Morgan fingerprint density at radius 1 is 1.25 bits per heavy atom. The number of aryl methyl sites for hydroxylation is 1. The molecule has 0 unspecified atom stereocenters. The number of carbonyl (C=O) groups excluding carboxylic acids is 1. The third-order valence-electron chi connectivity index (χ3n) is 3.56. The van der Waals surface area contributed by atoms with Crippen molar-refractivity contribution in [3.63, 3.8) is 0 Å². The molecule has 28 heavy (non-hydrogen) atoms. The molecule has 144 valence electrons. The number of primary amides is 1. The van der Waals surface area contributed by atoms with Crippen molar-refractivity contribution in [1.82, 2.24) is 14.8 Å². The van der Waals surface area contributed by atoms with E-state index in [-0.39, 0.29) is 28.9 Å². The third kappa shape index (κ3) is 3.98. The van der Waals surface area contributed by atoms with Gasteiger partial charge in [0.15, 0.2) is 0 Å². The minimum atomic E-state index is -1.03. The van der Waals surface area contributed by atoms with Crippen LogP contribution in [0.5, 0.6) is 23.3 Å². The van der Waals surface area contributed by atoms with Crippen LogP contribution in [0.4, 0.5) is 10.5 Å². The molecule has 0 aliphatic rings. The van der Waals surface area contributed by atoms with Gasteiger partial charge in [-0.2, -0.15) is 10.1 Å². The number of rotatable bonds is 6. The summed E-state index contributed by atoms with van der Waals surface area (Å²) in [7, 11) is 3.06. The number of ether oxygens (including phenoxy) is 3. The molecule has 3 aromatic rings. The number of pyridine rings is 1. The fraction of sp³-hybridized carbons (Fsp3) is 0.118. The lowest BCUT2D eigenvalue weighted by Gasteiger charge is -2.11. The second-order valence-electron chi connectivity index (χ2n) is 5.49. The van der Waals surface area contributed by atoms with Crippen LogP contribution in [0.3, 0.4) is 0 Å². The molecular weight excluding hydrogens is 370 g/mol. The van der Waals surface area contributed by atoms with Crippen molar-refractivity contribution in [2.75, 3.05) is 7.11 Å². The van der Waals surface area contributed by atoms with Crippen molar-refractivity contribution < 1.29 is 23.9 Å². The summed E-state index contributed by atoms with van der Waals surface area (Å²) in [5.41, 5.74) is 5.49. The Kier molecular flexibility index (Phi) is 5.07. The van der Waals surface area contributed by atoms with Crippen molar-refractivity contribution in [2.24, 2.45) is 12.8 Å². The van der Waals surface area contributed by atoms with E-state index in [0.29, 0.717) is 11.3 Å². The van der Waals surface area contributed by atoms with Gasteiger partial charge in [0.05, 0.1) is 29.4 Å². The van der Waals surface area contributed by atoms with E-state index < -0.39 is 11.0 Å². The number of carbonyl (C=O) groups is 1. The van der Waals surface area contributed by atoms with E-state index >= 15 is 0 Å². The number of nitrogens with zero attached hydrogens (tertiary/aromatic N) is 4. The second kappa shape index (κ2) is 7.61. The maximum atomic E-state index is 11.5. The quantitative estimate of drug-likeness (QED) is 0.503. The molecule has 0 bridgehead atoms. The Morgan fingerprint density at radius 2 is 2.00 bits per heavy atom. The van der Waals surface area contributed by atoms with Crippen LogP contribution in [0.2, 0.25) is 0 Å². The molecule has 11 heteroatoms. The highest BCUT2D eigenvalue weighted by molar-refractivity contribution is 5.75. The van der Waals surface area contributed by atoms with E-state index in [1.165, 1.54) is 37.4 Å². The van der Waals surface area contributed by atoms with Gasteiger partial charge in [-0.3, -0.25) is 14.8 Å². The van der Waals surface area contributed by atoms with Crippen LogP contribution in [0.25, 0.3) is 11.3 Å². The summed E-state index contributed by atoms with van der Waals surface area (Å²) in [6.45, 7) is 0. The number of nitrogens with two attached hydrogens (primary N) is 1. The molecule has 0 saturated heterocycles. The molecule has 11 nitrogen and oxygen atoms in total. The van der Waals surface area contributed by atoms with Crippen LogP contribution in [0, 0.1) is 10.1 Å². The summed E-state index contributed by atoms with van der Waals surface area (Å²) in [6.07, 6.45) is 0.669. The largest absolute Gasteiger partial charge is 0.490 e. The average Bonchev–Trinajstić information content (AvgIpc) is 3.07. The molecule has 0 spiro atoms. The van der Waals surface area contributed by atoms with Gasteiger partial charge in [0.2, 0.25) is 17.5 Å². The van der Waals surface area contributed by atoms with Crippen molar-refractivity contribution in [1.29, 1.82) is 0 Å². The number of nitro benzene ring substituents is 1. The minimum Gasteiger partial charge on any atom is -0.490 e. The Hall–Kier alpha value is -4.15. The molecule has 0 aliphatic heterocycles.